The summed E-state index contributed by atoms with van der Waals surface area (Å²) in [6, 6.07) is 13.9. The van der Waals surface area contributed by atoms with Gasteiger partial charge in [0.05, 0.1) is 6.04 Å². The topological polar surface area (TPSA) is 104 Å². The van der Waals surface area contributed by atoms with E-state index in [0.717, 1.165) is 11.1 Å². The van der Waals surface area contributed by atoms with Gasteiger partial charge in [0, 0.05) is 12.0 Å². The van der Waals surface area contributed by atoms with Crippen LogP contribution in [0.4, 0.5) is 0 Å². The Bertz CT molecular complexity index is 926. The number of carbonyl (C=O) groups is 4. The van der Waals surface area contributed by atoms with Gasteiger partial charge in [0.1, 0.15) is 18.4 Å². The molecule has 0 bridgehead atoms. The fraction of sp³-hybridized carbons (Fsp3) is 0.360. The Morgan fingerprint density at radius 2 is 1.47 bits per heavy atom. The Hall–Kier alpha value is -3.48. The quantitative estimate of drug-likeness (QED) is 0.496. The van der Waals surface area contributed by atoms with Crippen molar-refractivity contribution < 1.29 is 19.2 Å². The lowest BCUT2D eigenvalue weighted by molar-refractivity contribution is -0.130. The second-order valence-corrected chi connectivity index (χ2v) is 8.23. The molecule has 3 amide bonds. The van der Waals surface area contributed by atoms with E-state index in [2.05, 4.69) is 16.0 Å². The Morgan fingerprint density at radius 3 is 2.03 bits per heavy atom. The van der Waals surface area contributed by atoms with Crippen molar-refractivity contribution >= 4 is 24.0 Å². The normalized spacial score (nSPS) is 13.5. The van der Waals surface area contributed by atoms with Gasteiger partial charge in [0.25, 0.3) is 5.91 Å². The van der Waals surface area contributed by atoms with Crippen molar-refractivity contribution in [2.75, 3.05) is 0 Å². The van der Waals surface area contributed by atoms with Crippen LogP contribution in [0.25, 0.3) is 0 Å². The molecular formula is C25H31N3O4. The molecule has 0 spiro atoms. The predicted molar refractivity (Wildman–Crippen MR) is 123 cm³/mol. The number of amides is 3. The number of aldehydes is 1. The Labute approximate surface area is 189 Å². The molecule has 0 saturated heterocycles. The third-order valence-electron chi connectivity index (χ3n) is 5.14. The monoisotopic (exact) mass is 437 g/mol. The molecule has 0 aliphatic heterocycles. The molecule has 170 valence electrons. The molecule has 0 aromatic heterocycles. The van der Waals surface area contributed by atoms with E-state index in [-0.39, 0.29) is 18.2 Å². The summed E-state index contributed by atoms with van der Waals surface area (Å²) >= 11 is 0. The molecule has 7 nitrogen and oxygen atoms in total. The standard InChI is InChI=1S/C25H31N3O4/c1-16(2)22(15-29)28-23(30)18(4)26-25(32)21(14-19-12-10-17(3)11-13-19)27-24(31)20-8-6-5-7-9-20/h5-13,15-16,18,21-22H,14H2,1-4H3,(H,26,32)(H,27,31)(H,28,30). The summed E-state index contributed by atoms with van der Waals surface area (Å²) in [5.41, 5.74) is 2.40. The van der Waals surface area contributed by atoms with E-state index >= 15 is 0 Å². The first kappa shape index (κ1) is 24.8. The van der Waals surface area contributed by atoms with Gasteiger partial charge in [0.15, 0.2) is 0 Å². The van der Waals surface area contributed by atoms with E-state index in [1.165, 1.54) is 6.92 Å². The van der Waals surface area contributed by atoms with Crippen molar-refractivity contribution in [3.05, 3.63) is 71.3 Å². The zero-order chi connectivity index (χ0) is 23.7. The van der Waals surface area contributed by atoms with Crippen LogP contribution in [0.3, 0.4) is 0 Å². The highest BCUT2D eigenvalue weighted by Gasteiger charge is 2.26. The predicted octanol–water partition coefficient (Wildman–Crippen LogP) is 2.18. The van der Waals surface area contributed by atoms with E-state index in [0.29, 0.717) is 11.8 Å². The maximum atomic E-state index is 13.0. The van der Waals surface area contributed by atoms with Gasteiger partial charge in [-0.2, -0.15) is 0 Å². The van der Waals surface area contributed by atoms with Crippen LogP contribution in [0.2, 0.25) is 0 Å². The molecule has 0 heterocycles. The molecule has 2 rings (SSSR count). The first-order valence-electron chi connectivity index (χ1n) is 10.7. The van der Waals surface area contributed by atoms with Crippen LogP contribution in [0, 0.1) is 12.8 Å². The van der Waals surface area contributed by atoms with Gasteiger partial charge in [-0.3, -0.25) is 14.4 Å². The van der Waals surface area contributed by atoms with Crippen molar-refractivity contribution in [1.29, 1.82) is 0 Å². The zero-order valence-corrected chi connectivity index (χ0v) is 18.9. The van der Waals surface area contributed by atoms with Gasteiger partial charge in [-0.25, -0.2) is 0 Å². The lowest BCUT2D eigenvalue weighted by Gasteiger charge is -2.23. The van der Waals surface area contributed by atoms with E-state index in [1.807, 2.05) is 45.0 Å². The minimum atomic E-state index is -0.882. The number of hydrogen-bond donors (Lipinski definition) is 3. The van der Waals surface area contributed by atoms with Gasteiger partial charge < -0.3 is 20.7 Å². The van der Waals surface area contributed by atoms with Crippen LogP contribution < -0.4 is 16.0 Å². The first-order valence-corrected chi connectivity index (χ1v) is 10.7. The molecule has 3 atom stereocenters. The molecule has 0 radical (unpaired) electrons. The molecule has 2 aromatic rings. The molecule has 3 unspecified atom stereocenters. The molecule has 0 aliphatic carbocycles. The van der Waals surface area contributed by atoms with E-state index in [9.17, 15) is 19.2 Å². The summed E-state index contributed by atoms with van der Waals surface area (Å²) in [5.74, 6) is -1.40. The largest absolute Gasteiger partial charge is 0.345 e. The number of hydrogen-bond acceptors (Lipinski definition) is 4. The Morgan fingerprint density at radius 1 is 0.844 bits per heavy atom. The van der Waals surface area contributed by atoms with Crippen LogP contribution in [0.5, 0.6) is 0 Å². The molecule has 0 aliphatic rings. The first-order chi connectivity index (χ1) is 15.2. The average molecular weight is 438 g/mol. The lowest BCUT2D eigenvalue weighted by Crippen LogP contribution is -2.55. The van der Waals surface area contributed by atoms with Gasteiger partial charge in [-0.1, -0.05) is 61.9 Å². The minimum Gasteiger partial charge on any atom is -0.345 e. The van der Waals surface area contributed by atoms with Crippen molar-refractivity contribution in [1.82, 2.24) is 16.0 Å². The summed E-state index contributed by atoms with van der Waals surface area (Å²) in [6.07, 6.45) is 0.944. The number of carbonyl (C=O) groups excluding carboxylic acids is 4. The third kappa shape index (κ3) is 7.34. The Balaban J connectivity index is 2.13. The van der Waals surface area contributed by atoms with E-state index in [4.69, 9.17) is 0 Å². The van der Waals surface area contributed by atoms with Crippen LogP contribution in [-0.4, -0.2) is 42.1 Å². The van der Waals surface area contributed by atoms with Crippen molar-refractivity contribution in [3.8, 4) is 0 Å². The zero-order valence-electron chi connectivity index (χ0n) is 18.9. The van der Waals surface area contributed by atoms with Crippen LogP contribution in [0.1, 0.15) is 42.3 Å². The SMILES string of the molecule is Cc1ccc(CC(NC(=O)c2ccccc2)C(=O)NC(C)C(=O)NC(C=O)C(C)C)cc1. The average Bonchev–Trinajstić information content (AvgIpc) is 2.78. The van der Waals surface area contributed by atoms with E-state index < -0.39 is 29.9 Å². The fourth-order valence-corrected chi connectivity index (χ4v) is 3.03. The minimum absolute atomic E-state index is 0.0706. The molecule has 7 heteroatoms. The summed E-state index contributed by atoms with van der Waals surface area (Å²) in [5, 5.41) is 8.05. The lowest BCUT2D eigenvalue weighted by atomic mass is 10.0. The highest BCUT2D eigenvalue weighted by Crippen LogP contribution is 2.08. The fourth-order valence-electron chi connectivity index (χ4n) is 3.03. The number of rotatable bonds is 10. The van der Waals surface area contributed by atoms with Gasteiger partial charge >= 0.3 is 0 Å². The summed E-state index contributed by atoms with van der Waals surface area (Å²) in [4.78, 5) is 49.3. The van der Waals surface area contributed by atoms with Gasteiger partial charge in [-0.15, -0.1) is 0 Å². The second kappa shape index (κ2) is 11.8. The van der Waals surface area contributed by atoms with Gasteiger partial charge in [0.2, 0.25) is 11.8 Å². The van der Waals surface area contributed by atoms with Crippen LogP contribution >= 0.6 is 0 Å². The van der Waals surface area contributed by atoms with E-state index in [1.54, 1.807) is 30.3 Å². The molecule has 0 fully saturated rings. The number of nitrogens with one attached hydrogen (secondary N) is 3. The third-order valence-corrected chi connectivity index (χ3v) is 5.14. The smallest absolute Gasteiger partial charge is 0.251 e. The number of benzene rings is 2. The highest BCUT2D eigenvalue weighted by atomic mass is 16.2. The van der Waals surface area contributed by atoms with Crippen molar-refractivity contribution in [2.45, 2.75) is 52.2 Å². The Kier molecular flexibility index (Phi) is 9.13. The summed E-state index contributed by atoms with van der Waals surface area (Å²) in [7, 11) is 0. The molecule has 32 heavy (non-hydrogen) atoms. The van der Waals surface area contributed by atoms with Crippen molar-refractivity contribution in [3.63, 3.8) is 0 Å². The molecule has 0 saturated carbocycles. The van der Waals surface area contributed by atoms with Gasteiger partial charge in [-0.05, 0) is 37.5 Å². The number of aryl methyl sites for hydroxylation is 1. The molecule has 3 N–H and O–H groups in total. The maximum Gasteiger partial charge on any atom is 0.251 e. The second-order valence-electron chi connectivity index (χ2n) is 8.23. The maximum absolute atomic E-state index is 13.0. The van der Waals surface area contributed by atoms with Crippen LogP contribution in [-0.2, 0) is 20.8 Å². The van der Waals surface area contributed by atoms with Crippen molar-refractivity contribution in [2.24, 2.45) is 5.92 Å². The summed E-state index contributed by atoms with van der Waals surface area (Å²) in [6.45, 7) is 7.14. The van der Waals surface area contributed by atoms with Crippen LogP contribution in [0.15, 0.2) is 54.6 Å². The molecule has 2 aromatic carbocycles. The molecular weight excluding hydrogens is 406 g/mol. The summed E-state index contributed by atoms with van der Waals surface area (Å²) < 4.78 is 0. The highest BCUT2D eigenvalue weighted by molar-refractivity contribution is 5.98.